The second kappa shape index (κ2) is 8.51. The first kappa shape index (κ1) is 21.9. The fourth-order valence-corrected chi connectivity index (χ4v) is 4.16. The molecular formula is C21H21F3N4OS. The third kappa shape index (κ3) is 4.35. The van der Waals surface area contributed by atoms with Gasteiger partial charge < -0.3 is 9.13 Å². The van der Waals surface area contributed by atoms with Crippen molar-refractivity contribution in [3.8, 4) is 5.69 Å². The van der Waals surface area contributed by atoms with E-state index in [-0.39, 0.29) is 11.5 Å². The molecule has 0 fully saturated rings. The predicted molar refractivity (Wildman–Crippen MR) is 110 cm³/mol. The fraction of sp³-hybridized carbons (Fsp3) is 0.286. The van der Waals surface area contributed by atoms with Gasteiger partial charge in [-0.2, -0.15) is 13.2 Å². The SMILES string of the molecule is C=CCn1c(C)nnc1SCC(=O)c1cc(C)n(-c2cccc(C(F)(F)F)c2)c1C. The number of carbonyl (C=O) groups is 1. The number of rotatable bonds is 7. The topological polar surface area (TPSA) is 52.7 Å². The van der Waals surface area contributed by atoms with Crippen LogP contribution in [0.15, 0.2) is 48.1 Å². The predicted octanol–water partition coefficient (Wildman–Crippen LogP) is 5.17. The number of halogens is 3. The van der Waals surface area contributed by atoms with Gasteiger partial charge in [0.25, 0.3) is 0 Å². The van der Waals surface area contributed by atoms with Crippen LogP contribution in [-0.4, -0.2) is 30.9 Å². The second-order valence-corrected chi connectivity index (χ2v) is 7.75. The molecule has 9 heteroatoms. The van der Waals surface area contributed by atoms with Gasteiger partial charge in [0.2, 0.25) is 0 Å². The Morgan fingerprint density at radius 2 is 1.93 bits per heavy atom. The Morgan fingerprint density at radius 1 is 1.20 bits per heavy atom. The average Bonchev–Trinajstić information content (AvgIpc) is 3.19. The van der Waals surface area contributed by atoms with Crippen molar-refractivity contribution in [2.24, 2.45) is 0 Å². The van der Waals surface area contributed by atoms with E-state index < -0.39 is 11.7 Å². The van der Waals surface area contributed by atoms with Gasteiger partial charge in [-0.3, -0.25) is 4.79 Å². The highest BCUT2D eigenvalue weighted by atomic mass is 32.2. The number of carbonyl (C=O) groups excluding carboxylic acids is 1. The first-order valence-electron chi connectivity index (χ1n) is 9.16. The van der Waals surface area contributed by atoms with Gasteiger partial charge >= 0.3 is 6.18 Å². The molecule has 0 radical (unpaired) electrons. The molecule has 5 nitrogen and oxygen atoms in total. The van der Waals surface area contributed by atoms with Gasteiger partial charge in [-0.1, -0.05) is 23.9 Å². The number of hydrogen-bond acceptors (Lipinski definition) is 4. The standard InChI is InChI=1S/C21H21F3N4OS/c1-5-9-27-15(4)25-26-20(27)30-12-19(29)18-10-13(2)28(14(18)3)17-8-6-7-16(11-17)21(22,23)24/h5-8,10-11H,1,9,12H2,2-4H3. The van der Waals surface area contributed by atoms with Crippen molar-refractivity contribution >= 4 is 17.5 Å². The number of aromatic nitrogens is 4. The summed E-state index contributed by atoms with van der Waals surface area (Å²) in [7, 11) is 0. The van der Waals surface area contributed by atoms with Gasteiger partial charge in [-0.25, -0.2) is 0 Å². The number of aryl methyl sites for hydroxylation is 2. The number of thioether (sulfide) groups is 1. The van der Waals surface area contributed by atoms with Crippen molar-refractivity contribution in [3.63, 3.8) is 0 Å². The Bertz CT molecular complexity index is 1100. The zero-order chi connectivity index (χ0) is 22.1. The van der Waals surface area contributed by atoms with Gasteiger partial charge in [-0.15, -0.1) is 16.8 Å². The minimum atomic E-state index is -4.43. The van der Waals surface area contributed by atoms with Gasteiger partial charge in [0.15, 0.2) is 10.9 Å². The van der Waals surface area contributed by atoms with Gasteiger partial charge in [-0.05, 0) is 45.0 Å². The zero-order valence-electron chi connectivity index (χ0n) is 16.8. The monoisotopic (exact) mass is 434 g/mol. The zero-order valence-corrected chi connectivity index (χ0v) is 17.6. The van der Waals surface area contributed by atoms with E-state index in [9.17, 15) is 18.0 Å². The van der Waals surface area contributed by atoms with Crippen molar-refractivity contribution in [2.75, 3.05) is 5.75 Å². The average molecular weight is 434 g/mol. The molecular weight excluding hydrogens is 413 g/mol. The molecule has 0 saturated heterocycles. The fourth-order valence-electron chi connectivity index (χ4n) is 3.28. The smallest absolute Gasteiger partial charge is 0.318 e. The quantitative estimate of drug-likeness (QED) is 0.292. The molecule has 1 aromatic carbocycles. The molecule has 0 aliphatic carbocycles. The highest BCUT2D eigenvalue weighted by Gasteiger charge is 2.31. The van der Waals surface area contributed by atoms with Crippen molar-refractivity contribution in [1.29, 1.82) is 0 Å². The van der Waals surface area contributed by atoms with Crippen molar-refractivity contribution in [3.05, 3.63) is 71.3 Å². The minimum absolute atomic E-state index is 0.128. The number of Topliss-reactive ketones (excluding diaryl/α,β-unsaturated/α-hetero) is 1. The summed E-state index contributed by atoms with van der Waals surface area (Å²) in [6.45, 7) is 9.57. The largest absolute Gasteiger partial charge is 0.416 e. The van der Waals surface area contributed by atoms with Crippen LogP contribution in [0.5, 0.6) is 0 Å². The first-order valence-corrected chi connectivity index (χ1v) is 10.1. The van der Waals surface area contributed by atoms with E-state index in [4.69, 9.17) is 0 Å². The van der Waals surface area contributed by atoms with Crippen LogP contribution in [-0.2, 0) is 12.7 Å². The molecule has 158 valence electrons. The van der Waals surface area contributed by atoms with Gasteiger partial charge in [0, 0.05) is 29.2 Å². The highest BCUT2D eigenvalue weighted by molar-refractivity contribution is 7.99. The van der Waals surface area contributed by atoms with Crippen molar-refractivity contribution < 1.29 is 18.0 Å². The summed E-state index contributed by atoms with van der Waals surface area (Å²) in [6.07, 6.45) is -2.70. The van der Waals surface area contributed by atoms with Crippen LogP contribution in [0.4, 0.5) is 13.2 Å². The van der Waals surface area contributed by atoms with Crippen LogP contribution < -0.4 is 0 Å². The third-order valence-corrected chi connectivity index (χ3v) is 5.68. The maximum atomic E-state index is 13.1. The van der Waals surface area contributed by atoms with E-state index in [1.165, 1.54) is 17.8 Å². The molecule has 30 heavy (non-hydrogen) atoms. The lowest BCUT2D eigenvalue weighted by molar-refractivity contribution is -0.137. The number of hydrogen-bond donors (Lipinski definition) is 0. The van der Waals surface area contributed by atoms with E-state index in [0.29, 0.717) is 34.3 Å². The Hall–Kier alpha value is -2.81. The Labute approximate surface area is 176 Å². The Morgan fingerprint density at radius 3 is 2.60 bits per heavy atom. The summed E-state index contributed by atoms with van der Waals surface area (Å²) < 4.78 is 42.8. The minimum Gasteiger partial charge on any atom is -0.318 e. The lowest BCUT2D eigenvalue weighted by Crippen LogP contribution is -2.09. The summed E-state index contributed by atoms with van der Waals surface area (Å²) in [5, 5.41) is 8.73. The maximum absolute atomic E-state index is 13.1. The van der Waals surface area contributed by atoms with E-state index in [1.807, 2.05) is 11.5 Å². The van der Waals surface area contributed by atoms with Crippen molar-refractivity contribution in [2.45, 2.75) is 38.6 Å². The van der Waals surface area contributed by atoms with Crippen molar-refractivity contribution in [1.82, 2.24) is 19.3 Å². The highest BCUT2D eigenvalue weighted by Crippen LogP contribution is 2.31. The number of benzene rings is 1. The van der Waals surface area contributed by atoms with E-state index in [2.05, 4.69) is 16.8 Å². The summed E-state index contributed by atoms with van der Waals surface area (Å²) >= 11 is 1.27. The number of alkyl halides is 3. The van der Waals surface area contributed by atoms with Gasteiger partial charge in [0.1, 0.15) is 5.82 Å². The Kier molecular flexibility index (Phi) is 6.21. The van der Waals surface area contributed by atoms with Gasteiger partial charge in [0.05, 0.1) is 11.3 Å². The maximum Gasteiger partial charge on any atom is 0.416 e. The Balaban J connectivity index is 1.85. The molecule has 0 saturated carbocycles. The lowest BCUT2D eigenvalue weighted by atomic mass is 10.1. The summed E-state index contributed by atoms with van der Waals surface area (Å²) in [6, 6.07) is 6.78. The molecule has 0 unspecified atom stereocenters. The van der Waals surface area contributed by atoms with Crippen LogP contribution >= 0.6 is 11.8 Å². The van der Waals surface area contributed by atoms with Crippen LogP contribution in [0, 0.1) is 20.8 Å². The van der Waals surface area contributed by atoms with Crippen LogP contribution in [0.2, 0.25) is 0 Å². The number of ketones is 1. The lowest BCUT2D eigenvalue weighted by Gasteiger charge is -2.13. The van der Waals surface area contributed by atoms with Crippen LogP contribution in [0.3, 0.4) is 0 Å². The van der Waals surface area contributed by atoms with E-state index >= 15 is 0 Å². The number of allylic oxidation sites excluding steroid dienone is 1. The normalized spacial score (nSPS) is 11.7. The summed E-state index contributed by atoms with van der Waals surface area (Å²) in [5.74, 6) is 0.743. The molecule has 0 N–H and O–H groups in total. The molecule has 0 atom stereocenters. The number of nitrogens with zero attached hydrogens (tertiary/aromatic N) is 4. The van der Waals surface area contributed by atoms with Crippen LogP contribution in [0.1, 0.15) is 33.1 Å². The molecule has 0 aliphatic heterocycles. The molecule has 2 aromatic heterocycles. The van der Waals surface area contributed by atoms with E-state index in [1.54, 1.807) is 36.6 Å². The third-order valence-electron chi connectivity index (χ3n) is 4.71. The molecule has 3 rings (SSSR count). The molecule has 3 aromatic rings. The molecule has 0 amide bonds. The van der Waals surface area contributed by atoms with E-state index in [0.717, 1.165) is 18.0 Å². The van der Waals surface area contributed by atoms with Crippen LogP contribution in [0.25, 0.3) is 5.69 Å². The second-order valence-electron chi connectivity index (χ2n) is 6.81. The molecule has 2 heterocycles. The summed E-state index contributed by atoms with van der Waals surface area (Å²) in [4.78, 5) is 12.8. The molecule has 0 aliphatic rings. The molecule has 0 spiro atoms. The molecule has 0 bridgehead atoms. The first-order chi connectivity index (χ1) is 14.1. The summed E-state index contributed by atoms with van der Waals surface area (Å²) in [5.41, 5.74) is 1.40.